The molecule has 21 heavy (non-hydrogen) atoms. The van der Waals surface area contributed by atoms with Crippen molar-refractivity contribution in [1.82, 2.24) is 9.78 Å². The lowest BCUT2D eigenvalue weighted by molar-refractivity contribution is 0.333. The van der Waals surface area contributed by atoms with Gasteiger partial charge in [-0.05, 0) is 18.4 Å². The first-order valence-corrected chi connectivity index (χ1v) is 8.64. The Labute approximate surface area is 122 Å². The van der Waals surface area contributed by atoms with Crippen molar-refractivity contribution in [1.29, 1.82) is 0 Å². The fraction of sp³-hybridized carbons (Fsp3) is 0.400. The molecule has 4 rings (SSSR count). The molecular weight excluding hydrogens is 291 g/mol. The van der Waals surface area contributed by atoms with Crippen molar-refractivity contribution in [3.05, 3.63) is 47.7 Å². The zero-order chi connectivity index (χ0) is 14.6. The number of nitrogens with zero attached hydrogens (tertiary/aromatic N) is 2. The van der Waals surface area contributed by atoms with Gasteiger partial charge in [0.05, 0.1) is 17.0 Å². The summed E-state index contributed by atoms with van der Waals surface area (Å²) in [5.74, 6) is 0. The molecule has 0 N–H and O–H groups in total. The van der Waals surface area contributed by atoms with Crippen LogP contribution in [0, 0.1) is 0 Å². The van der Waals surface area contributed by atoms with Crippen molar-refractivity contribution < 1.29 is 12.8 Å². The maximum absolute atomic E-state index is 14.2. The first kappa shape index (κ1) is 13.0. The number of hydrogen-bond donors (Lipinski definition) is 0. The zero-order valence-electron chi connectivity index (χ0n) is 11.3. The van der Waals surface area contributed by atoms with Gasteiger partial charge in [-0.25, -0.2) is 12.8 Å². The number of rotatable bonds is 3. The van der Waals surface area contributed by atoms with Gasteiger partial charge < -0.3 is 0 Å². The predicted molar refractivity (Wildman–Crippen MR) is 75.5 cm³/mol. The van der Waals surface area contributed by atoms with Crippen molar-refractivity contribution in [3.8, 4) is 0 Å². The number of benzene rings is 1. The summed E-state index contributed by atoms with van der Waals surface area (Å²) in [5, 5.41) is 3.93. The molecule has 1 aromatic carbocycles. The Morgan fingerprint density at radius 1 is 1.19 bits per heavy atom. The van der Waals surface area contributed by atoms with Gasteiger partial charge in [0.1, 0.15) is 6.17 Å². The molecule has 0 bridgehead atoms. The van der Waals surface area contributed by atoms with Gasteiger partial charge in [-0.15, -0.1) is 0 Å². The Morgan fingerprint density at radius 2 is 1.90 bits per heavy atom. The Hall–Kier alpha value is -1.69. The minimum atomic E-state index is -3.37. The Morgan fingerprint density at radius 3 is 2.57 bits per heavy atom. The van der Waals surface area contributed by atoms with E-state index in [1.165, 1.54) is 6.07 Å². The molecule has 1 aliphatic heterocycles. The highest BCUT2D eigenvalue weighted by Gasteiger charge is 2.41. The van der Waals surface area contributed by atoms with Crippen LogP contribution >= 0.6 is 0 Å². The van der Waals surface area contributed by atoms with Crippen LogP contribution < -0.4 is 0 Å². The van der Waals surface area contributed by atoms with Gasteiger partial charge in [0.2, 0.25) is 0 Å². The standard InChI is InChI=1S/C15H15FN2O2S/c16-12-8-13(10-4-2-1-3-5-10)18-14(12)9-15(17-18)21(19,20)11-6-7-11/h1-5,9,11-13H,6-8H2/t12-,13-/m0/s1. The summed E-state index contributed by atoms with van der Waals surface area (Å²) in [7, 11) is -3.37. The molecule has 6 heteroatoms. The third-order valence-electron chi connectivity index (χ3n) is 4.23. The molecule has 2 heterocycles. The van der Waals surface area contributed by atoms with E-state index < -0.39 is 16.0 Å². The van der Waals surface area contributed by atoms with Crippen LogP contribution in [0.15, 0.2) is 41.4 Å². The van der Waals surface area contributed by atoms with Crippen molar-refractivity contribution >= 4 is 9.84 Å². The second-order valence-corrected chi connectivity index (χ2v) is 7.90. The molecule has 2 aliphatic rings. The van der Waals surface area contributed by atoms with Crippen LogP contribution in [0.4, 0.5) is 4.39 Å². The largest absolute Gasteiger partial charge is 0.258 e. The number of alkyl halides is 1. The minimum absolute atomic E-state index is 0.0308. The van der Waals surface area contributed by atoms with E-state index in [1.54, 1.807) is 4.68 Å². The summed E-state index contributed by atoms with van der Waals surface area (Å²) in [6.45, 7) is 0. The van der Waals surface area contributed by atoms with Crippen molar-refractivity contribution in [3.63, 3.8) is 0 Å². The third kappa shape index (κ3) is 2.00. The number of hydrogen-bond acceptors (Lipinski definition) is 3. The molecule has 110 valence electrons. The van der Waals surface area contributed by atoms with Crippen LogP contribution in [0.2, 0.25) is 0 Å². The maximum Gasteiger partial charge on any atom is 0.200 e. The fourth-order valence-corrected chi connectivity index (χ4v) is 4.51. The maximum atomic E-state index is 14.2. The van der Waals surface area contributed by atoms with Gasteiger partial charge in [-0.1, -0.05) is 30.3 Å². The lowest BCUT2D eigenvalue weighted by Gasteiger charge is -2.12. The third-order valence-corrected chi connectivity index (χ3v) is 6.36. The normalized spacial score (nSPS) is 25.0. The summed E-state index contributed by atoms with van der Waals surface area (Å²) in [4.78, 5) is 0. The second kappa shape index (κ2) is 4.40. The van der Waals surface area contributed by atoms with Crippen LogP contribution in [0.3, 0.4) is 0 Å². The molecule has 1 aliphatic carbocycles. The monoisotopic (exact) mass is 306 g/mol. The van der Waals surface area contributed by atoms with E-state index in [0.717, 1.165) is 5.56 Å². The molecule has 0 amide bonds. The Bertz CT molecular complexity index is 781. The molecule has 2 aromatic rings. The van der Waals surface area contributed by atoms with Gasteiger partial charge in [0, 0.05) is 12.5 Å². The highest BCUT2D eigenvalue weighted by atomic mass is 32.2. The smallest absolute Gasteiger partial charge is 0.200 e. The van der Waals surface area contributed by atoms with Crippen LogP contribution in [0.25, 0.3) is 0 Å². The van der Waals surface area contributed by atoms with Crippen molar-refractivity contribution in [2.75, 3.05) is 0 Å². The topological polar surface area (TPSA) is 52.0 Å². The highest BCUT2D eigenvalue weighted by molar-refractivity contribution is 7.92. The van der Waals surface area contributed by atoms with E-state index in [9.17, 15) is 12.8 Å². The fourth-order valence-electron chi connectivity index (χ4n) is 2.93. The van der Waals surface area contributed by atoms with Gasteiger partial charge in [-0.3, -0.25) is 4.68 Å². The van der Waals surface area contributed by atoms with Crippen LogP contribution in [0.1, 0.15) is 42.7 Å². The van der Waals surface area contributed by atoms with E-state index in [1.807, 2.05) is 30.3 Å². The molecule has 0 saturated heterocycles. The molecular formula is C15H15FN2O2S. The van der Waals surface area contributed by atoms with E-state index in [2.05, 4.69) is 5.10 Å². The summed E-state index contributed by atoms with van der Waals surface area (Å²) in [5.41, 5.74) is 1.33. The molecule has 1 aromatic heterocycles. The SMILES string of the molecule is O=S(=O)(c1cc2n(n1)[C@H](c1ccccc1)C[C@@H]2F)C1CC1. The molecule has 0 radical (unpaired) electrons. The Balaban J connectivity index is 1.78. The molecule has 0 spiro atoms. The van der Waals surface area contributed by atoms with Crippen molar-refractivity contribution in [2.24, 2.45) is 0 Å². The average Bonchev–Trinajstić information content (AvgIpc) is 3.17. The van der Waals surface area contributed by atoms with E-state index >= 15 is 0 Å². The second-order valence-electron chi connectivity index (χ2n) is 5.73. The minimum Gasteiger partial charge on any atom is -0.258 e. The average molecular weight is 306 g/mol. The number of sulfone groups is 1. The van der Waals surface area contributed by atoms with Crippen LogP contribution in [-0.2, 0) is 9.84 Å². The van der Waals surface area contributed by atoms with Gasteiger partial charge in [0.25, 0.3) is 0 Å². The molecule has 2 atom stereocenters. The summed E-state index contributed by atoms with van der Waals surface area (Å²) in [6.07, 6.45) is 0.527. The first-order valence-electron chi connectivity index (χ1n) is 7.10. The van der Waals surface area contributed by atoms with Crippen molar-refractivity contribution in [2.45, 2.75) is 41.8 Å². The quantitative estimate of drug-likeness (QED) is 0.876. The van der Waals surface area contributed by atoms with Crippen LogP contribution in [0.5, 0.6) is 0 Å². The molecule has 1 saturated carbocycles. The summed E-state index contributed by atoms with van der Waals surface area (Å²) < 4.78 is 40.3. The van der Waals surface area contributed by atoms with Crippen LogP contribution in [-0.4, -0.2) is 23.4 Å². The number of fused-ring (bicyclic) bond motifs is 1. The van der Waals surface area contributed by atoms with Gasteiger partial charge in [0.15, 0.2) is 14.9 Å². The van der Waals surface area contributed by atoms with Gasteiger partial charge >= 0.3 is 0 Å². The lowest BCUT2D eigenvalue weighted by Crippen LogP contribution is -2.12. The number of aromatic nitrogens is 2. The predicted octanol–water partition coefficient (Wildman–Crippen LogP) is 2.82. The van der Waals surface area contributed by atoms with E-state index in [4.69, 9.17) is 0 Å². The number of halogens is 1. The Kier molecular flexibility index (Phi) is 2.73. The van der Waals surface area contributed by atoms with Gasteiger partial charge in [-0.2, -0.15) is 5.10 Å². The molecule has 1 fully saturated rings. The molecule has 4 nitrogen and oxygen atoms in total. The van der Waals surface area contributed by atoms with E-state index in [-0.39, 0.29) is 16.3 Å². The van der Waals surface area contributed by atoms with E-state index in [0.29, 0.717) is 25.0 Å². The summed E-state index contributed by atoms with van der Waals surface area (Å²) >= 11 is 0. The highest BCUT2D eigenvalue weighted by Crippen LogP contribution is 2.42. The molecule has 0 unspecified atom stereocenters. The zero-order valence-corrected chi connectivity index (χ0v) is 12.1. The summed E-state index contributed by atoms with van der Waals surface area (Å²) in [6, 6.07) is 10.7. The first-order chi connectivity index (χ1) is 10.1. The lowest BCUT2D eigenvalue weighted by atomic mass is 10.0.